The molecule has 0 unspecified atom stereocenters. The number of hydrogen-bond acceptors (Lipinski definition) is 3. The zero-order chi connectivity index (χ0) is 12.5. The van der Waals surface area contributed by atoms with Crippen molar-refractivity contribution in [3.8, 4) is 11.5 Å². The Balaban J connectivity index is 2.39. The Morgan fingerprint density at radius 1 is 1.35 bits per heavy atom. The molecule has 0 amide bonds. The maximum absolute atomic E-state index is 14.0. The van der Waals surface area contributed by atoms with Crippen LogP contribution in [0, 0.1) is 0 Å². The van der Waals surface area contributed by atoms with Crippen LogP contribution in [0.15, 0.2) is 12.1 Å². The highest BCUT2D eigenvalue weighted by Gasteiger charge is 2.25. The summed E-state index contributed by atoms with van der Waals surface area (Å²) < 4.78 is 24.7. The van der Waals surface area contributed by atoms with Crippen LogP contribution in [0.2, 0.25) is 0 Å². The third-order valence-electron chi connectivity index (χ3n) is 2.88. The summed E-state index contributed by atoms with van der Waals surface area (Å²) in [6.07, 6.45) is 0.798. The van der Waals surface area contributed by atoms with Crippen LogP contribution < -0.4 is 14.8 Å². The highest BCUT2D eigenvalue weighted by molar-refractivity contribution is 5.52. The van der Waals surface area contributed by atoms with Crippen molar-refractivity contribution >= 4 is 0 Å². The fourth-order valence-electron chi connectivity index (χ4n) is 1.87. The Kier molecular flexibility index (Phi) is 3.24. The second kappa shape index (κ2) is 4.53. The molecular weight excluding hydrogens is 221 g/mol. The first kappa shape index (κ1) is 12.2. The predicted octanol–water partition coefficient (Wildman–Crippen LogP) is 2.38. The number of rotatable bonds is 4. The van der Waals surface area contributed by atoms with Gasteiger partial charge >= 0.3 is 0 Å². The molecule has 1 aliphatic rings. The van der Waals surface area contributed by atoms with Crippen LogP contribution in [-0.4, -0.2) is 20.4 Å². The van der Waals surface area contributed by atoms with Crippen LogP contribution in [0.4, 0.5) is 4.39 Å². The molecule has 1 aliphatic heterocycles. The Hall–Kier alpha value is -1.29. The molecule has 0 aromatic heterocycles. The van der Waals surface area contributed by atoms with E-state index in [2.05, 4.69) is 5.32 Å². The number of fused-ring (bicyclic) bond motifs is 1. The molecule has 0 spiro atoms. The van der Waals surface area contributed by atoms with Crippen molar-refractivity contribution in [2.75, 3.05) is 20.4 Å². The van der Waals surface area contributed by atoms with Gasteiger partial charge in [-0.05, 0) is 57.1 Å². The van der Waals surface area contributed by atoms with Crippen LogP contribution in [0.5, 0.6) is 11.5 Å². The Morgan fingerprint density at radius 2 is 2.12 bits per heavy atom. The van der Waals surface area contributed by atoms with Gasteiger partial charge in [0, 0.05) is 0 Å². The van der Waals surface area contributed by atoms with E-state index in [9.17, 15) is 4.39 Å². The van der Waals surface area contributed by atoms with Crippen molar-refractivity contribution in [1.82, 2.24) is 5.32 Å². The number of alkyl halides is 1. The van der Waals surface area contributed by atoms with E-state index in [1.807, 2.05) is 13.1 Å². The van der Waals surface area contributed by atoms with Gasteiger partial charge in [-0.1, -0.05) is 0 Å². The molecule has 1 N–H and O–H groups in total. The number of hydrogen-bond donors (Lipinski definition) is 1. The summed E-state index contributed by atoms with van der Waals surface area (Å²) in [4.78, 5) is 0. The summed E-state index contributed by atoms with van der Waals surface area (Å²) >= 11 is 0. The molecule has 0 bridgehead atoms. The largest absolute Gasteiger partial charge is 0.454 e. The van der Waals surface area contributed by atoms with Crippen LogP contribution in [-0.2, 0) is 12.1 Å². The minimum atomic E-state index is -1.37. The Bertz CT molecular complexity index is 413. The van der Waals surface area contributed by atoms with E-state index < -0.39 is 5.67 Å². The fourth-order valence-corrected chi connectivity index (χ4v) is 1.87. The van der Waals surface area contributed by atoms with Crippen molar-refractivity contribution < 1.29 is 13.9 Å². The summed E-state index contributed by atoms with van der Waals surface area (Å²) in [5, 5.41) is 3.08. The fraction of sp³-hybridized carbons (Fsp3) is 0.538. The second-order valence-corrected chi connectivity index (χ2v) is 4.70. The quantitative estimate of drug-likeness (QED) is 0.875. The van der Waals surface area contributed by atoms with Crippen LogP contribution in [0.1, 0.15) is 25.0 Å². The van der Waals surface area contributed by atoms with Gasteiger partial charge in [0.15, 0.2) is 11.5 Å². The van der Waals surface area contributed by atoms with Crippen molar-refractivity contribution in [2.24, 2.45) is 0 Å². The molecule has 1 aromatic carbocycles. The summed E-state index contributed by atoms with van der Waals surface area (Å²) in [5.74, 6) is 1.41. The van der Waals surface area contributed by atoms with Gasteiger partial charge in [-0.3, -0.25) is 0 Å². The van der Waals surface area contributed by atoms with Gasteiger partial charge in [0.2, 0.25) is 6.79 Å². The number of benzene rings is 1. The number of nitrogens with one attached hydrogen (secondary N) is 1. The summed E-state index contributed by atoms with van der Waals surface area (Å²) in [6.45, 7) is 4.14. The lowest BCUT2D eigenvalue weighted by atomic mass is 9.96. The minimum Gasteiger partial charge on any atom is -0.454 e. The number of halogens is 1. The van der Waals surface area contributed by atoms with Gasteiger partial charge < -0.3 is 14.8 Å². The van der Waals surface area contributed by atoms with Gasteiger partial charge in [-0.15, -0.1) is 0 Å². The van der Waals surface area contributed by atoms with Crippen LogP contribution in [0.25, 0.3) is 0 Å². The predicted molar refractivity (Wildman–Crippen MR) is 64.3 cm³/mol. The standard InChI is InChI=1S/C13H18FNO2/c1-13(2,14)10-6-9(4-5-15-3)12-11(7-10)16-8-17-12/h6-7,15H,4-5,8H2,1-3H3. The smallest absolute Gasteiger partial charge is 0.231 e. The molecule has 0 saturated heterocycles. The lowest BCUT2D eigenvalue weighted by Gasteiger charge is -2.17. The van der Waals surface area contributed by atoms with Gasteiger partial charge in [-0.2, -0.15) is 0 Å². The minimum absolute atomic E-state index is 0.220. The highest BCUT2D eigenvalue weighted by atomic mass is 19.1. The summed E-state index contributed by atoms with van der Waals surface area (Å²) in [7, 11) is 1.89. The third-order valence-corrected chi connectivity index (χ3v) is 2.88. The van der Waals surface area contributed by atoms with E-state index in [0.29, 0.717) is 11.3 Å². The molecule has 0 aliphatic carbocycles. The maximum atomic E-state index is 14.0. The van der Waals surface area contributed by atoms with E-state index >= 15 is 0 Å². The van der Waals surface area contributed by atoms with Crippen molar-refractivity contribution in [1.29, 1.82) is 0 Å². The first-order chi connectivity index (χ1) is 8.02. The zero-order valence-electron chi connectivity index (χ0n) is 10.5. The van der Waals surface area contributed by atoms with E-state index in [1.165, 1.54) is 0 Å². The molecule has 0 radical (unpaired) electrons. The first-order valence-electron chi connectivity index (χ1n) is 5.79. The summed E-state index contributed by atoms with van der Waals surface area (Å²) in [6, 6.07) is 3.59. The average Bonchev–Trinajstić information content (AvgIpc) is 2.72. The topological polar surface area (TPSA) is 30.5 Å². The Labute approximate surface area is 101 Å². The average molecular weight is 239 g/mol. The van der Waals surface area contributed by atoms with Crippen molar-refractivity contribution in [3.63, 3.8) is 0 Å². The van der Waals surface area contributed by atoms with Gasteiger partial charge in [-0.25, -0.2) is 4.39 Å². The van der Waals surface area contributed by atoms with Crippen molar-refractivity contribution in [2.45, 2.75) is 25.9 Å². The molecule has 17 heavy (non-hydrogen) atoms. The highest BCUT2D eigenvalue weighted by Crippen LogP contribution is 2.40. The number of ether oxygens (including phenoxy) is 2. The molecule has 0 fully saturated rings. The van der Waals surface area contributed by atoms with Crippen molar-refractivity contribution in [3.05, 3.63) is 23.3 Å². The molecule has 94 valence electrons. The molecule has 3 nitrogen and oxygen atoms in total. The number of likely N-dealkylation sites (N-methyl/N-ethyl adjacent to an activating group) is 1. The van der Waals surface area contributed by atoms with E-state index in [0.717, 1.165) is 24.3 Å². The third kappa shape index (κ3) is 2.52. The molecule has 1 aromatic rings. The van der Waals surface area contributed by atoms with E-state index in [4.69, 9.17) is 9.47 Å². The molecule has 0 atom stereocenters. The lowest BCUT2D eigenvalue weighted by molar-refractivity contribution is 0.173. The van der Waals surface area contributed by atoms with E-state index in [1.54, 1.807) is 19.9 Å². The van der Waals surface area contributed by atoms with Crippen LogP contribution >= 0.6 is 0 Å². The van der Waals surface area contributed by atoms with E-state index in [-0.39, 0.29) is 6.79 Å². The van der Waals surface area contributed by atoms with Crippen LogP contribution in [0.3, 0.4) is 0 Å². The maximum Gasteiger partial charge on any atom is 0.231 e. The summed E-state index contributed by atoms with van der Waals surface area (Å²) in [5.41, 5.74) is 0.262. The molecule has 1 heterocycles. The van der Waals surface area contributed by atoms with Gasteiger partial charge in [0.05, 0.1) is 0 Å². The Morgan fingerprint density at radius 3 is 2.76 bits per heavy atom. The molecule has 2 rings (SSSR count). The zero-order valence-corrected chi connectivity index (χ0v) is 10.5. The normalized spacial score (nSPS) is 14.1. The second-order valence-electron chi connectivity index (χ2n) is 4.70. The monoisotopic (exact) mass is 239 g/mol. The SMILES string of the molecule is CNCCc1cc(C(C)(C)F)cc2c1OCO2. The first-order valence-corrected chi connectivity index (χ1v) is 5.79. The molecule has 0 saturated carbocycles. The molecular formula is C13H18FNO2. The lowest BCUT2D eigenvalue weighted by Crippen LogP contribution is -2.13. The van der Waals surface area contributed by atoms with Gasteiger partial charge in [0.25, 0.3) is 0 Å². The van der Waals surface area contributed by atoms with Gasteiger partial charge in [0.1, 0.15) is 5.67 Å². The molecule has 4 heteroatoms.